The molecule has 25 unspecified atom stereocenters. The maximum Gasteiger partial charge on any atom is 0.219 e. The minimum Gasteiger partial charge on any atom is -0.393 e. The molecule has 25 atom stereocenters. The summed E-state index contributed by atoms with van der Waals surface area (Å²) >= 11 is 0. The van der Waals surface area contributed by atoms with Gasteiger partial charge in [0.2, 0.25) is 5.91 Å². The van der Waals surface area contributed by atoms with Crippen LogP contribution in [0.3, 0.4) is 0 Å². The number of aliphatic hydroxyl groups excluding tert-OH is 9. The predicted molar refractivity (Wildman–Crippen MR) is 234 cm³/mol. The first-order valence-corrected chi connectivity index (χ1v) is 25.0. The summed E-state index contributed by atoms with van der Waals surface area (Å²) in [5, 5.41) is 99.8. The van der Waals surface area contributed by atoms with Gasteiger partial charge in [0.15, 0.2) is 18.9 Å². The van der Waals surface area contributed by atoms with Crippen molar-refractivity contribution in [2.75, 3.05) is 19.8 Å². The zero-order valence-electron chi connectivity index (χ0n) is 39.7. The van der Waals surface area contributed by atoms with Crippen molar-refractivity contribution in [1.29, 1.82) is 0 Å². The molecule has 4 saturated carbocycles. The molecule has 7 aliphatic rings. The van der Waals surface area contributed by atoms with E-state index in [2.05, 4.69) is 26.1 Å². The first kappa shape index (κ1) is 52.4. The molecule has 18 nitrogen and oxygen atoms in total. The Bertz CT molecular complexity index is 1630. The Labute approximate surface area is 389 Å². The molecule has 380 valence electrons. The number of carbonyl (C=O) groups excluding carboxylic acids is 2. The molecule has 0 aromatic rings. The Morgan fingerprint density at radius 1 is 0.727 bits per heavy atom. The largest absolute Gasteiger partial charge is 0.393 e. The fourth-order valence-electron chi connectivity index (χ4n) is 13.7. The molecule has 3 saturated heterocycles. The number of hydrogen-bond donors (Lipinski definition) is 10. The minimum atomic E-state index is -1.69. The number of hydrogen-bond acceptors (Lipinski definition) is 17. The lowest BCUT2D eigenvalue weighted by Crippen LogP contribution is -2.64. The Morgan fingerprint density at radius 2 is 1.44 bits per heavy atom. The number of amides is 1. The number of fused-ring (bicyclic) bond motifs is 5. The van der Waals surface area contributed by atoms with Crippen LogP contribution in [-0.4, -0.2) is 176 Å². The Morgan fingerprint density at radius 3 is 2.17 bits per heavy atom. The average molecular weight is 944 g/mol. The van der Waals surface area contributed by atoms with E-state index in [9.17, 15) is 55.5 Å². The van der Waals surface area contributed by atoms with E-state index in [1.807, 2.05) is 13.8 Å². The molecule has 0 aromatic carbocycles. The van der Waals surface area contributed by atoms with E-state index in [1.54, 1.807) is 0 Å². The third-order valence-electron chi connectivity index (χ3n) is 17.7. The zero-order valence-corrected chi connectivity index (χ0v) is 39.7. The monoisotopic (exact) mass is 944 g/mol. The minimum absolute atomic E-state index is 0.0141. The Hall–Kier alpha value is -1.46. The normalized spacial score (nSPS) is 49.2. The quantitative estimate of drug-likeness (QED) is 0.0952. The van der Waals surface area contributed by atoms with Crippen LogP contribution in [0.5, 0.6) is 0 Å². The fourth-order valence-corrected chi connectivity index (χ4v) is 13.7. The molecule has 3 heterocycles. The second-order valence-electron chi connectivity index (χ2n) is 21.9. The van der Waals surface area contributed by atoms with Gasteiger partial charge in [0.1, 0.15) is 66.8 Å². The highest BCUT2D eigenvalue weighted by molar-refractivity contribution is 5.81. The SMILES string of the molecule is CCCC(=O)NCC(C)CCC(=O)C(C)C1C(O)CC2C3CCC4CC(OC5OC(COC6OC(C)C(O)C(O)C6O)C(O)C(O)C5OC5OCC(O)C(O)C5O)CCC4(C)C3CCC21C. The van der Waals surface area contributed by atoms with Crippen molar-refractivity contribution >= 4 is 11.7 Å². The van der Waals surface area contributed by atoms with Crippen LogP contribution >= 0.6 is 0 Å². The number of ketones is 1. The van der Waals surface area contributed by atoms with E-state index >= 15 is 0 Å². The van der Waals surface area contributed by atoms with Gasteiger partial charge in [-0.05, 0) is 117 Å². The van der Waals surface area contributed by atoms with Gasteiger partial charge in [-0.15, -0.1) is 0 Å². The topological polar surface area (TPSA) is 284 Å². The molecule has 4 aliphatic carbocycles. The summed E-state index contributed by atoms with van der Waals surface area (Å²) in [6, 6.07) is 0. The highest BCUT2D eigenvalue weighted by Crippen LogP contribution is 2.68. The van der Waals surface area contributed by atoms with Gasteiger partial charge in [-0.25, -0.2) is 0 Å². The van der Waals surface area contributed by atoms with Gasteiger partial charge in [-0.1, -0.05) is 34.6 Å². The van der Waals surface area contributed by atoms with E-state index < -0.39 is 98.7 Å². The second kappa shape index (κ2) is 21.5. The van der Waals surface area contributed by atoms with Crippen LogP contribution < -0.4 is 5.32 Å². The number of carbonyl (C=O) groups is 2. The molecule has 0 radical (unpaired) electrons. The van der Waals surface area contributed by atoms with Crippen molar-refractivity contribution in [2.24, 2.45) is 52.3 Å². The number of rotatable bonds is 16. The third kappa shape index (κ3) is 10.5. The number of aliphatic hydroxyl groups is 9. The summed E-state index contributed by atoms with van der Waals surface area (Å²) in [7, 11) is 0. The van der Waals surface area contributed by atoms with Gasteiger partial charge >= 0.3 is 0 Å². The molecule has 0 aromatic heterocycles. The van der Waals surface area contributed by atoms with Crippen LogP contribution in [0.1, 0.15) is 119 Å². The molecule has 7 rings (SSSR count). The summed E-state index contributed by atoms with van der Waals surface area (Å²) in [5.41, 5.74) is -0.179. The van der Waals surface area contributed by atoms with Gasteiger partial charge in [0, 0.05) is 25.3 Å². The van der Waals surface area contributed by atoms with Gasteiger partial charge in [-0.2, -0.15) is 0 Å². The molecule has 1 amide bonds. The highest BCUT2D eigenvalue weighted by Gasteiger charge is 2.64. The first-order chi connectivity index (χ1) is 31.2. The van der Waals surface area contributed by atoms with E-state index in [1.165, 1.54) is 6.92 Å². The summed E-state index contributed by atoms with van der Waals surface area (Å²) in [4.78, 5) is 25.7. The maximum atomic E-state index is 13.8. The molecule has 10 N–H and O–H groups in total. The van der Waals surface area contributed by atoms with Gasteiger partial charge in [-0.3, -0.25) is 9.59 Å². The predicted octanol–water partition coefficient (Wildman–Crippen LogP) is 0.654. The standard InChI is InChI=1S/C48H81NO17/c1-7-8-34(53)49-19-22(2)9-12-30(50)23(3)35-31(51)18-29-27-11-10-25-17-26(13-15-47(25,5)28(27)14-16-48(29,35)6)64-46-43(66-45-41(59)37(55)32(52)20-61-45)40(58)38(56)33(65-46)21-62-44-42(60)39(57)36(54)24(4)63-44/h22-29,31-33,35-46,51-52,54-60H,7-21H2,1-6H3,(H,49,53). The number of Topliss-reactive ketones (excluding diaryl/α,β-unsaturated/α-hetero) is 1. The van der Waals surface area contributed by atoms with E-state index in [-0.39, 0.29) is 58.9 Å². The van der Waals surface area contributed by atoms with Crippen LogP contribution in [0.4, 0.5) is 0 Å². The van der Waals surface area contributed by atoms with Crippen molar-refractivity contribution in [1.82, 2.24) is 5.32 Å². The highest BCUT2D eigenvalue weighted by atomic mass is 16.8. The number of ether oxygens (including phenoxy) is 6. The van der Waals surface area contributed by atoms with Crippen molar-refractivity contribution < 1.29 is 84.0 Å². The third-order valence-corrected chi connectivity index (χ3v) is 17.7. The molecular weight excluding hydrogens is 863 g/mol. The fraction of sp³-hybridized carbons (Fsp3) is 0.958. The number of nitrogens with one attached hydrogen (secondary N) is 1. The first-order valence-electron chi connectivity index (χ1n) is 25.0. The molecule has 3 aliphatic heterocycles. The average Bonchev–Trinajstić information content (AvgIpc) is 3.56. The van der Waals surface area contributed by atoms with Crippen LogP contribution in [0, 0.1) is 52.3 Å². The van der Waals surface area contributed by atoms with Gasteiger partial charge in [0.05, 0.1) is 31.5 Å². The van der Waals surface area contributed by atoms with Crippen molar-refractivity contribution in [3.05, 3.63) is 0 Å². The van der Waals surface area contributed by atoms with Crippen molar-refractivity contribution in [3.8, 4) is 0 Å². The zero-order chi connectivity index (χ0) is 48.0. The van der Waals surface area contributed by atoms with E-state index in [0.717, 1.165) is 38.5 Å². The summed E-state index contributed by atoms with van der Waals surface area (Å²) in [5.74, 6) is 1.42. The summed E-state index contributed by atoms with van der Waals surface area (Å²) in [6.45, 7) is 12.0. The summed E-state index contributed by atoms with van der Waals surface area (Å²) < 4.78 is 35.8. The van der Waals surface area contributed by atoms with Crippen LogP contribution in [0.2, 0.25) is 0 Å². The van der Waals surface area contributed by atoms with Crippen LogP contribution in [0.25, 0.3) is 0 Å². The van der Waals surface area contributed by atoms with Gasteiger partial charge < -0.3 is 79.7 Å². The van der Waals surface area contributed by atoms with Crippen molar-refractivity contribution in [3.63, 3.8) is 0 Å². The molecule has 18 heteroatoms. The molecule has 0 spiro atoms. The maximum absolute atomic E-state index is 13.8. The lowest BCUT2D eigenvalue weighted by atomic mass is 9.44. The lowest BCUT2D eigenvalue weighted by molar-refractivity contribution is -0.370. The smallest absolute Gasteiger partial charge is 0.219 e. The van der Waals surface area contributed by atoms with E-state index in [4.69, 9.17) is 28.4 Å². The van der Waals surface area contributed by atoms with E-state index in [0.29, 0.717) is 62.8 Å². The second-order valence-corrected chi connectivity index (χ2v) is 21.9. The molecule has 66 heavy (non-hydrogen) atoms. The van der Waals surface area contributed by atoms with Crippen LogP contribution in [-0.2, 0) is 38.0 Å². The van der Waals surface area contributed by atoms with Crippen LogP contribution in [0.15, 0.2) is 0 Å². The molecular formula is C48H81NO17. The lowest BCUT2D eigenvalue weighted by Gasteiger charge is -2.61. The Kier molecular flexibility index (Phi) is 17.1. The Balaban J connectivity index is 0.997. The van der Waals surface area contributed by atoms with Crippen molar-refractivity contribution in [2.45, 2.75) is 217 Å². The van der Waals surface area contributed by atoms with Gasteiger partial charge in [0.25, 0.3) is 0 Å². The summed E-state index contributed by atoms with van der Waals surface area (Å²) in [6.07, 6.45) is -12.1. The molecule has 7 fully saturated rings. The molecule has 0 bridgehead atoms.